The fourth-order valence-electron chi connectivity index (χ4n) is 3.89. The summed E-state index contributed by atoms with van der Waals surface area (Å²) in [6.45, 7) is 3.98. The summed E-state index contributed by atoms with van der Waals surface area (Å²) in [5, 5.41) is 0.518. The molecule has 0 aromatic heterocycles. The summed E-state index contributed by atoms with van der Waals surface area (Å²) in [5.41, 5.74) is 2.24. The van der Waals surface area contributed by atoms with E-state index in [2.05, 4.69) is 22.5 Å². The summed E-state index contributed by atoms with van der Waals surface area (Å²) in [7, 11) is 1.59. The van der Waals surface area contributed by atoms with Crippen molar-refractivity contribution in [1.29, 1.82) is 0 Å². The number of benzene rings is 3. The normalized spacial score (nSPS) is 13.8. The molecule has 1 amide bonds. The number of hydrogen-bond acceptors (Lipinski definition) is 5. The number of amides is 1. The fourth-order valence-corrected chi connectivity index (χ4v) is 5.22. The van der Waals surface area contributed by atoms with E-state index in [1.807, 2.05) is 42.5 Å². The second-order valence-electron chi connectivity index (χ2n) is 8.38. The molecule has 1 aliphatic rings. The van der Waals surface area contributed by atoms with Crippen molar-refractivity contribution in [3.63, 3.8) is 0 Å². The van der Waals surface area contributed by atoms with E-state index in [4.69, 9.17) is 4.74 Å². The van der Waals surface area contributed by atoms with E-state index in [1.165, 1.54) is 11.8 Å². The van der Waals surface area contributed by atoms with Crippen LogP contribution in [0.2, 0.25) is 0 Å². The lowest BCUT2D eigenvalue weighted by atomic mass is 10.1. The average Bonchev–Trinajstić information content (AvgIpc) is 3.18. The molecule has 1 heterocycles. The molecule has 200 valence electrons. The van der Waals surface area contributed by atoms with Crippen LogP contribution in [0.4, 0.5) is 0 Å². The van der Waals surface area contributed by atoms with Crippen molar-refractivity contribution >= 4 is 56.4 Å². The van der Waals surface area contributed by atoms with Gasteiger partial charge in [-0.25, -0.2) is 9.37 Å². The molecule has 0 saturated carbocycles. The second kappa shape index (κ2) is 14.2. The van der Waals surface area contributed by atoms with Gasteiger partial charge in [0.2, 0.25) is 11.5 Å². The average molecular weight is 670 g/mol. The molecule has 0 saturated heterocycles. The maximum Gasteiger partial charge on any atom is 0.381 e. The van der Waals surface area contributed by atoms with Crippen LogP contribution in [-0.2, 0) is 4.79 Å². The van der Waals surface area contributed by atoms with Crippen LogP contribution in [-0.4, -0.2) is 58.1 Å². The van der Waals surface area contributed by atoms with Gasteiger partial charge >= 0.3 is 11.1 Å². The molecule has 0 N–H and O–H groups in total. The molecular formula is C30H26Br2N2O4S. The smallest absolute Gasteiger partial charge is 0.381 e. The Morgan fingerprint density at radius 1 is 0.974 bits per heavy atom. The van der Waals surface area contributed by atoms with E-state index in [0.29, 0.717) is 27.7 Å². The summed E-state index contributed by atoms with van der Waals surface area (Å²) in [4.78, 5) is 41.4. The lowest BCUT2D eigenvalue weighted by Crippen LogP contribution is -3.00. The van der Waals surface area contributed by atoms with Crippen LogP contribution >= 0.6 is 27.7 Å². The van der Waals surface area contributed by atoms with Gasteiger partial charge in [0, 0.05) is 21.7 Å². The standard InChI is InChI=1S/C30H26BrN2O4S.BrH/c1-3-17-32-29(36)26(18-21-9-15-25(37-2)16-10-21)33(19-27(34)22-7-5-4-6-8-22)30(32)38-20-28(35)23-11-13-24(31)14-12-23;/h3-16,18H,1,17,19-20H2,2H3;1H/q+1;/p-1/b26-18+;. The van der Waals surface area contributed by atoms with Crippen LogP contribution < -0.4 is 21.7 Å². The number of Topliss-reactive ketones (excluding diaryl/α,β-unsaturated/α-hetero) is 2. The number of carbonyl (C=O) groups excluding carboxylic acids is 3. The van der Waals surface area contributed by atoms with E-state index >= 15 is 0 Å². The Balaban J connectivity index is 0.00000420. The molecule has 0 radical (unpaired) electrons. The molecule has 3 aromatic carbocycles. The Morgan fingerprint density at radius 2 is 1.62 bits per heavy atom. The third-order valence-electron chi connectivity index (χ3n) is 5.84. The van der Waals surface area contributed by atoms with Crippen molar-refractivity contribution in [3.05, 3.63) is 118 Å². The van der Waals surface area contributed by atoms with Crippen molar-refractivity contribution in [1.82, 2.24) is 4.90 Å². The second-order valence-corrected chi connectivity index (χ2v) is 10.2. The molecule has 0 unspecified atom stereocenters. The number of hydrogen-bond donors (Lipinski definition) is 0. The molecule has 0 atom stereocenters. The maximum absolute atomic E-state index is 13.6. The number of carbonyl (C=O) groups is 3. The predicted molar refractivity (Wildman–Crippen MR) is 155 cm³/mol. The van der Waals surface area contributed by atoms with Crippen molar-refractivity contribution in [2.24, 2.45) is 0 Å². The third-order valence-corrected chi connectivity index (χ3v) is 7.48. The largest absolute Gasteiger partial charge is 1.00 e. The molecular weight excluding hydrogens is 644 g/mol. The molecule has 0 bridgehead atoms. The highest BCUT2D eigenvalue weighted by molar-refractivity contribution is 9.10. The highest BCUT2D eigenvalue weighted by Crippen LogP contribution is 2.26. The Kier molecular flexibility index (Phi) is 11.0. The third kappa shape index (κ3) is 7.44. The van der Waals surface area contributed by atoms with Gasteiger partial charge < -0.3 is 21.7 Å². The van der Waals surface area contributed by atoms with Gasteiger partial charge in [-0.3, -0.25) is 9.59 Å². The molecule has 1 aliphatic heterocycles. The number of methoxy groups -OCH3 is 1. The Morgan fingerprint density at radius 3 is 2.23 bits per heavy atom. The molecule has 6 nitrogen and oxygen atoms in total. The lowest BCUT2D eigenvalue weighted by Gasteiger charge is -2.08. The van der Waals surface area contributed by atoms with Crippen LogP contribution in [0.3, 0.4) is 0 Å². The van der Waals surface area contributed by atoms with Crippen molar-refractivity contribution in [3.8, 4) is 5.75 Å². The van der Waals surface area contributed by atoms with Gasteiger partial charge in [0.15, 0.2) is 12.3 Å². The predicted octanol–water partition coefficient (Wildman–Crippen LogP) is 2.70. The van der Waals surface area contributed by atoms with E-state index in [0.717, 1.165) is 10.0 Å². The number of ether oxygens (including phenoxy) is 1. The summed E-state index contributed by atoms with van der Waals surface area (Å²) in [5.74, 6) is 0.312. The van der Waals surface area contributed by atoms with E-state index in [9.17, 15) is 14.4 Å². The van der Waals surface area contributed by atoms with Gasteiger partial charge in [0.1, 0.15) is 12.3 Å². The summed E-state index contributed by atoms with van der Waals surface area (Å²) >= 11 is 4.62. The monoisotopic (exact) mass is 668 g/mol. The van der Waals surface area contributed by atoms with Crippen LogP contribution in [0.1, 0.15) is 26.3 Å². The van der Waals surface area contributed by atoms with Gasteiger partial charge in [-0.1, -0.05) is 83.2 Å². The number of ketones is 2. The Hall–Kier alpha value is -3.27. The lowest BCUT2D eigenvalue weighted by molar-refractivity contribution is -0.448. The zero-order chi connectivity index (χ0) is 27.1. The first-order valence-electron chi connectivity index (χ1n) is 11.8. The summed E-state index contributed by atoms with van der Waals surface area (Å²) < 4.78 is 7.82. The van der Waals surface area contributed by atoms with Crippen LogP contribution in [0.15, 0.2) is 102 Å². The topological polar surface area (TPSA) is 66.7 Å². The van der Waals surface area contributed by atoms with Gasteiger partial charge in [-0.2, -0.15) is 4.90 Å². The molecule has 0 spiro atoms. The van der Waals surface area contributed by atoms with E-state index in [-0.39, 0.29) is 53.3 Å². The molecule has 3 aromatic rings. The van der Waals surface area contributed by atoms with Crippen molar-refractivity contribution < 1.29 is 40.7 Å². The molecule has 9 heteroatoms. The van der Waals surface area contributed by atoms with Crippen molar-refractivity contribution in [2.75, 3.05) is 26.0 Å². The van der Waals surface area contributed by atoms with Crippen LogP contribution in [0, 0.1) is 0 Å². The van der Waals surface area contributed by atoms with E-state index in [1.54, 1.807) is 65.1 Å². The molecule has 4 rings (SSSR count). The minimum absolute atomic E-state index is 0. The van der Waals surface area contributed by atoms with Crippen LogP contribution in [0.5, 0.6) is 5.75 Å². The Bertz CT molecular complexity index is 1420. The number of thioether (sulfide) groups is 1. The first-order chi connectivity index (χ1) is 18.4. The summed E-state index contributed by atoms with van der Waals surface area (Å²) in [6.07, 6.45) is 3.38. The van der Waals surface area contributed by atoms with Crippen molar-refractivity contribution in [2.45, 2.75) is 0 Å². The van der Waals surface area contributed by atoms with Gasteiger partial charge in [0.05, 0.1) is 12.9 Å². The maximum atomic E-state index is 13.6. The SMILES string of the molecule is C=CCN1C(=O)/C(=C\c2ccc(OC)cc2)[N+](CC(=O)c2ccccc2)=C1SCC(=O)c1ccc(Br)cc1.[Br-]. The molecule has 0 fully saturated rings. The van der Waals surface area contributed by atoms with E-state index < -0.39 is 0 Å². The number of rotatable bonds is 10. The number of amidine groups is 1. The van der Waals surface area contributed by atoms with Crippen LogP contribution in [0.25, 0.3) is 6.08 Å². The number of halogens is 2. The van der Waals surface area contributed by atoms with Gasteiger partial charge in [-0.05, 0) is 41.6 Å². The summed E-state index contributed by atoms with van der Waals surface area (Å²) in [6, 6.07) is 23.4. The number of nitrogens with zero attached hydrogens (tertiary/aromatic N) is 2. The zero-order valence-electron chi connectivity index (χ0n) is 21.2. The first kappa shape index (κ1) is 30.3. The zero-order valence-corrected chi connectivity index (χ0v) is 25.2. The highest BCUT2D eigenvalue weighted by atomic mass is 79.9. The Labute approximate surface area is 251 Å². The first-order valence-corrected chi connectivity index (χ1v) is 13.6. The highest BCUT2D eigenvalue weighted by Gasteiger charge is 2.44. The van der Waals surface area contributed by atoms with Gasteiger partial charge in [-0.15, -0.1) is 0 Å². The minimum atomic E-state index is -0.264. The minimum Gasteiger partial charge on any atom is -1.00 e. The quantitative estimate of drug-likeness (QED) is 0.144. The molecule has 0 aliphatic carbocycles. The fraction of sp³-hybridized carbons (Fsp3) is 0.133. The molecule has 39 heavy (non-hydrogen) atoms. The van der Waals surface area contributed by atoms with Gasteiger partial charge in [0.25, 0.3) is 0 Å².